The molecular weight excluding hydrogens is 254 g/mol. The fraction of sp³-hybridized carbons (Fsp3) is 0.0769. The van der Waals surface area contributed by atoms with Crippen LogP contribution in [0.25, 0.3) is 0 Å². The highest BCUT2D eigenvalue weighted by atomic mass is 15.3. The van der Waals surface area contributed by atoms with Crippen molar-refractivity contribution < 1.29 is 0 Å². The molecular formula is C13H17N7. The number of hydrogen-bond donors (Lipinski definition) is 3. The van der Waals surface area contributed by atoms with Gasteiger partial charge < -0.3 is 17.2 Å². The average molecular weight is 271 g/mol. The number of anilines is 1. The first-order valence-electron chi connectivity index (χ1n) is 5.73. The second-order valence-electron chi connectivity index (χ2n) is 3.65. The Kier molecular flexibility index (Phi) is 5.64. The molecule has 20 heavy (non-hydrogen) atoms. The van der Waals surface area contributed by atoms with Gasteiger partial charge in [-0.3, -0.25) is 9.98 Å². The summed E-state index contributed by atoms with van der Waals surface area (Å²) in [7, 11) is 1.60. The molecule has 1 aromatic heterocycles. The van der Waals surface area contributed by atoms with Crippen molar-refractivity contribution in [1.29, 1.82) is 0 Å². The second kappa shape index (κ2) is 7.47. The standard InChI is InChI=1S/C13H17N7/c1-3-4-5-10(17-2)12(15)19-20-13(16)11-7-6-9(14)8-18-11/h3-8H,1,14H2,2H3,(H2,15,19)(H2,16,20)/b5-4-,17-10?. The van der Waals surface area contributed by atoms with E-state index in [1.807, 2.05) is 0 Å². The monoisotopic (exact) mass is 271 g/mol. The van der Waals surface area contributed by atoms with Gasteiger partial charge in [0.05, 0.1) is 11.9 Å². The summed E-state index contributed by atoms with van der Waals surface area (Å²) in [5.41, 5.74) is 18.5. The van der Waals surface area contributed by atoms with Crippen molar-refractivity contribution >= 4 is 23.1 Å². The van der Waals surface area contributed by atoms with E-state index >= 15 is 0 Å². The lowest BCUT2D eigenvalue weighted by Gasteiger charge is -1.99. The summed E-state index contributed by atoms with van der Waals surface area (Å²) < 4.78 is 0. The van der Waals surface area contributed by atoms with Gasteiger partial charge in [-0.2, -0.15) is 0 Å². The molecule has 1 aromatic rings. The largest absolute Gasteiger partial charge is 0.397 e. The second-order valence-corrected chi connectivity index (χ2v) is 3.65. The van der Waals surface area contributed by atoms with Crippen molar-refractivity contribution in [2.45, 2.75) is 0 Å². The third kappa shape index (κ3) is 4.37. The predicted molar refractivity (Wildman–Crippen MR) is 83.7 cm³/mol. The van der Waals surface area contributed by atoms with Crippen LogP contribution in [0, 0.1) is 0 Å². The van der Waals surface area contributed by atoms with E-state index in [2.05, 4.69) is 26.8 Å². The number of pyridine rings is 1. The molecule has 0 radical (unpaired) electrons. The molecule has 0 saturated carbocycles. The summed E-state index contributed by atoms with van der Waals surface area (Å²) in [5, 5.41) is 7.63. The van der Waals surface area contributed by atoms with Gasteiger partial charge in [0, 0.05) is 7.05 Å². The zero-order chi connectivity index (χ0) is 15.0. The molecule has 0 aromatic carbocycles. The zero-order valence-electron chi connectivity index (χ0n) is 11.2. The van der Waals surface area contributed by atoms with Gasteiger partial charge in [0.15, 0.2) is 11.7 Å². The first-order valence-corrected chi connectivity index (χ1v) is 5.73. The Morgan fingerprint density at radius 3 is 2.60 bits per heavy atom. The van der Waals surface area contributed by atoms with Gasteiger partial charge in [-0.05, 0) is 18.2 Å². The Hall–Kier alpha value is -2.96. The normalized spacial score (nSPS) is 13.8. The molecule has 0 unspecified atom stereocenters. The minimum Gasteiger partial charge on any atom is -0.397 e. The van der Waals surface area contributed by atoms with Gasteiger partial charge in [-0.15, -0.1) is 10.2 Å². The molecule has 6 N–H and O–H groups in total. The summed E-state index contributed by atoms with van der Waals surface area (Å²) >= 11 is 0. The van der Waals surface area contributed by atoms with Crippen LogP contribution in [0.3, 0.4) is 0 Å². The van der Waals surface area contributed by atoms with E-state index in [1.54, 1.807) is 37.4 Å². The number of aliphatic imine (C=N–C) groups is 1. The van der Waals surface area contributed by atoms with Crippen molar-refractivity contribution in [3.05, 3.63) is 48.8 Å². The quantitative estimate of drug-likeness (QED) is 0.311. The van der Waals surface area contributed by atoms with Gasteiger partial charge in [-0.1, -0.05) is 18.7 Å². The predicted octanol–water partition coefficient (Wildman–Crippen LogP) is 0.454. The summed E-state index contributed by atoms with van der Waals surface area (Å²) in [6.45, 7) is 3.56. The molecule has 0 aliphatic carbocycles. The molecule has 0 aliphatic heterocycles. The molecule has 0 bridgehead atoms. The highest BCUT2D eigenvalue weighted by Gasteiger charge is 2.01. The Morgan fingerprint density at radius 2 is 2.05 bits per heavy atom. The molecule has 1 rings (SSSR count). The van der Waals surface area contributed by atoms with Crippen molar-refractivity contribution in [2.75, 3.05) is 12.8 Å². The van der Waals surface area contributed by atoms with Gasteiger partial charge in [0.1, 0.15) is 11.4 Å². The molecule has 0 amide bonds. The summed E-state index contributed by atoms with van der Waals surface area (Å²) in [6.07, 6.45) is 6.45. The number of aromatic nitrogens is 1. The topological polar surface area (TPSA) is 128 Å². The van der Waals surface area contributed by atoms with Crippen LogP contribution in [0.5, 0.6) is 0 Å². The van der Waals surface area contributed by atoms with Crippen LogP contribution in [0.4, 0.5) is 5.69 Å². The first-order chi connectivity index (χ1) is 9.58. The number of allylic oxidation sites excluding steroid dienone is 2. The van der Waals surface area contributed by atoms with Crippen LogP contribution in [-0.4, -0.2) is 29.4 Å². The van der Waals surface area contributed by atoms with Gasteiger partial charge in [-0.25, -0.2) is 0 Å². The Balaban J connectivity index is 2.93. The third-order valence-electron chi connectivity index (χ3n) is 2.21. The minimum absolute atomic E-state index is 0.135. The van der Waals surface area contributed by atoms with Crippen LogP contribution in [0.1, 0.15) is 5.69 Å². The maximum atomic E-state index is 5.75. The van der Waals surface area contributed by atoms with Gasteiger partial charge in [0.2, 0.25) is 0 Å². The number of amidine groups is 2. The molecule has 0 aliphatic rings. The fourth-order valence-corrected chi connectivity index (χ4v) is 1.20. The van der Waals surface area contributed by atoms with Crippen molar-refractivity contribution in [2.24, 2.45) is 26.7 Å². The summed E-state index contributed by atoms with van der Waals surface area (Å²) in [6, 6.07) is 3.32. The van der Waals surface area contributed by atoms with E-state index in [1.165, 1.54) is 6.20 Å². The van der Waals surface area contributed by atoms with Crippen molar-refractivity contribution in [3.63, 3.8) is 0 Å². The number of hydrogen-bond acceptors (Lipinski definition) is 5. The first kappa shape index (κ1) is 15.1. The van der Waals surface area contributed by atoms with E-state index in [0.29, 0.717) is 17.1 Å². The van der Waals surface area contributed by atoms with E-state index in [9.17, 15) is 0 Å². The molecule has 7 nitrogen and oxygen atoms in total. The lowest BCUT2D eigenvalue weighted by Crippen LogP contribution is -2.23. The highest BCUT2D eigenvalue weighted by molar-refractivity contribution is 6.45. The molecule has 7 heteroatoms. The van der Waals surface area contributed by atoms with Crippen molar-refractivity contribution in [3.8, 4) is 0 Å². The minimum atomic E-state index is 0.135. The highest BCUT2D eigenvalue weighted by Crippen LogP contribution is 2.00. The Morgan fingerprint density at radius 1 is 1.30 bits per heavy atom. The smallest absolute Gasteiger partial charge is 0.172 e. The van der Waals surface area contributed by atoms with Gasteiger partial charge in [0.25, 0.3) is 0 Å². The Bertz CT molecular complexity index is 579. The average Bonchev–Trinajstić information content (AvgIpc) is 2.46. The van der Waals surface area contributed by atoms with E-state index in [0.717, 1.165) is 0 Å². The van der Waals surface area contributed by atoms with E-state index in [4.69, 9.17) is 17.2 Å². The summed E-state index contributed by atoms with van der Waals surface area (Å²) in [4.78, 5) is 7.99. The number of nitrogen functional groups attached to an aromatic ring is 1. The van der Waals surface area contributed by atoms with Crippen LogP contribution in [0.15, 0.2) is 58.3 Å². The maximum Gasteiger partial charge on any atom is 0.172 e. The summed E-state index contributed by atoms with van der Waals surface area (Å²) in [5.74, 6) is 0.278. The molecule has 0 saturated heterocycles. The SMILES string of the molecule is C=C/C=C\C(=NC)/C(N)=N/N=C(\N)c1ccc(N)cn1. The van der Waals surface area contributed by atoms with Crippen LogP contribution in [-0.2, 0) is 0 Å². The van der Waals surface area contributed by atoms with E-state index < -0.39 is 0 Å². The van der Waals surface area contributed by atoms with Crippen LogP contribution in [0.2, 0.25) is 0 Å². The zero-order valence-corrected chi connectivity index (χ0v) is 11.2. The number of nitrogens with zero attached hydrogens (tertiary/aromatic N) is 4. The lowest BCUT2D eigenvalue weighted by atomic mass is 10.3. The number of nitrogens with two attached hydrogens (primary N) is 3. The maximum absolute atomic E-state index is 5.75. The van der Waals surface area contributed by atoms with E-state index in [-0.39, 0.29) is 11.7 Å². The Labute approximate surface area is 117 Å². The van der Waals surface area contributed by atoms with Crippen molar-refractivity contribution in [1.82, 2.24) is 4.98 Å². The van der Waals surface area contributed by atoms with Gasteiger partial charge >= 0.3 is 0 Å². The number of rotatable bonds is 5. The lowest BCUT2D eigenvalue weighted by molar-refractivity contribution is 1.18. The molecule has 0 spiro atoms. The fourth-order valence-electron chi connectivity index (χ4n) is 1.20. The van der Waals surface area contributed by atoms with Crippen LogP contribution >= 0.6 is 0 Å². The third-order valence-corrected chi connectivity index (χ3v) is 2.21. The molecule has 0 fully saturated rings. The molecule has 0 atom stereocenters. The molecule has 1 heterocycles. The van der Waals surface area contributed by atoms with Crippen LogP contribution < -0.4 is 17.2 Å². The molecule has 104 valence electrons.